The topological polar surface area (TPSA) is 40.5 Å². The van der Waals surface area contributed by atoms with E-state index in [0.29, 0.717) is 0 Å². The van der Waals surface area contributed by atoms with E-state index in [4.69, 9.17) is 5.11 Å². The standard InChI is InChI=1S/C13H17F2NO2/c1-13(2,3)16(8-11(17)18)7-9-5-4-6-10(14)12(9)15/h4-6H,7-8H2,1-3H3,(H,17,18). The molecule has 0 amide bonds. The van der Waals surface area contributed by atoms with E-state index in [1.54, 1.807) is 4.90 Å². The van der Waals surface area contributed by atoms with Crippen LogP contribution >= 0.6 is 0 Å². The lowest BCUT2D eigenvalue weighted by Gasteiger charge is -2.34. The molecule has 1 aromatic rings. The lowest BCUT2D eigenvalue weighted by atomic mass is 10.0. The Morgan fingerprint density at radius 3 is 2.44 bits per heavy atom. The summed E-state index contributed by atoms with van der Waals surface area (Å²) >= 11 is 0. The fourth-order valence-electron chi connectivity index (χ4n) is 1.57. The van der Waals surface area contributed by atoms with Gasteiger partial charge in [-0.2, -0.15) is 0 Å². The van der Waals surface area contributed by atoms with Gasteiger partial charge in [-0.05, 0) is 26.8 Å². The van der Waals surface area contributed by atoms with E-state index in [2.05, 4.69) is 0 Å². The molecule has 0 fully saturated rings. The highest BCUT2D eigenvalue weighted by Crippen LogP contribution is 2.19. The van der Waals surface area contributed by atoms with Gasteiger partial charge in [0.15, 0.2) is 11.6 Å². The van der Waals surface area contributed by atoms with Crippen molar-refractivity contribution in [2.45, 2.75) is 32.9 Å². The number of hydrogen-bond acceptors (Lipinski definition) is 2. The van der Waals surface area contributed by atoms with Gasteiger partial charge in [0.2, 0.25) is 0 Å². The third-order valence-corrected chi connectivity index (χ3v) is 2.67. The maximum atomic E-state index is 13.5. The number of rotatable bonds is 4. The lowest BCUT2D eigenvalue weighted by Crippen LogP contribution is -2.44. The Morgan fingerprint density at radius 1 is 1.33 bits per heavy atom. The maximum Gasteiger partial charge on any atom is 0.317 e. The Kier molecular flexibility index (Phi) is 4.40. The van der Waals surface area contributed by atoms with Crippen molar-refractivity contribution < 1.29 is 18.7 Å². The van der Waals surface area contributed by atoms with Crippen molar-refractivity contribution in [2.24, 2.45) is 0 Å². The number of nitrogens with zero attached hydrogens (tertiary/aromatic N) is 1. The van der Waals surface area contributed by atoms with Crippen molar-refractivity contribution in [1.29, 1.82) is 0 Å². The molecule has 0 radical (unpaired) electrons. The van der Waals surface area contributed by atoms with Crippen LogP contribution in [0.1, 0.15) is 26.3 Å². The Labute approximate surface area is 105 Å². The Bertz CT molecular complexity index is 441. The highest BCUT2D eigenvalue weighted by molar-refractivity contribution is 5.69. The average molecular weight is 257 g/mol. The van der Waals surface area contributed by atoms with Gasteiger partial charge in [-0.3, -0.25) is 9.69 Å². The number of hydrogen-bond donors (Lipinski definition) is 1. The highest BCUT2D eigenvalue weighted by Gasteiger charge is 2.25. The minimum atomic E-state index is -0.998. The Balaban J connectivity index is 2.96. The number of carboxylic acid groups (broad SMARTS) is 1. The van der Waals surface area contributed by atoms with Gasteiger partial charge < -0.3 is 5.11 Å². The molecule has 18 heavy (non-hydrogen) atoms. The van der Waals surface area contributed by atoms with Crippen LogP contribution in [-0.2, 0) is 11.3 Å². The molecule has 1 rings (SSSR count). The molecule has 0 unspecified atom stereocenters. The van der Waals surface area contributed by atoms with Crippen molar-refractivity contribution >= 4 is 5.97 Å². The average Bonchev–Trinajstić information content (AvgIpc) is 2.21. The molecule has 0 aliphatic heterocycles. The van der Waals surface area contributed by atoms with Gasteiger partial charge in [0, 0.05) is 17.6 Å². The van der Waals surface area contributed by atoms with Crippen molar-refractivity contribution in [2.75, 3.05) is 6.54 Å². The van der Waals surface area contributed by atoms with Crippen LogP contribution in [-0.4, -0.2) is 28.1 Å². The van der Waals surface area contributed by atoms with E-state index in [1.807, 2.05) is 20.8 Å². The van der Waals surface area contributed by atoms with Gasteiger partial charge in [-0.1, -0.05) is 12.1 Å². The summed E-state index contributed by atoms with van der Waals surface area (Å²) in [5.74, 6) is -2.84. The summed E-state index contributed by atoms with van der Waals surface area (Å²) in [6.07, 6.45) is 0. The first kappa shape index (κ1) is 14.6. The first-order chi connectivity index (χ1) is 8.21. The monoisotopic (exact) mass is 257 g/mol. The van der Waals surface area contributed by atoms with Crippen LogP contribution in [0.25, 0.3) is 0 Å². The van der Waals surface area contributed by atoms with Crippen molar-refractivity contribution in [3.63, 3.8) is 0 Å². The van der Waals surface area contributed by atoms with Crippen LogP contribution in [0.15, 0.2) is 18.2 Å². The quantitative estimate of drug-likeness (QED) is 0.901. The van der Waals surface area contributed by atoms with Gasteiger partial charge in [-0.25, -0.2) is 8.78 Å². The second kappa shape index (κ2) is 5.44. The first-order valence-corrected chi connectivity index (χ1v) is 5.61. The molecule has 0 aliphatic rings. The largest absolute Gasteiger partial charge is 0.480 e. The van der Waals surface area contributed by atoms with Gasteiger partial charge in [0.25, 0.3) is 0 Å². The van der Waals surface area contributed by atoms with Crippen LogP contribution in [0.5, 0.6) is 0 Å². The van der Waals surface area contributed by atoms with Crippen LogP contribution in [0.4, 0.5) is 8.78 Å². The van der Waals surface area contributed by atoms with Gasteiger partial charge in [0.05, 0.1) is 6.54 Å². The minimum absolute atomic E-state index is 0.0550. The fourth-order valence-corrected chi connectivity index (χ4v) is 1.57. The van der Waals surface area contributed by atoms with Crippen LogP contribution in [0.2, 0.25) is 0 Å². The molecule has 0 saturated carbocycles. The van der Waals surface area contributed by atoms with Gasteiger partial charge in [0.1, 0.15) is 0 Å². The molecule has 5 heteroatoms. The molecular weight excluding hydrogens is 240 g/mol. The molecule has 0 aliphatic carbocycles. The molecule has 3 nitrogen and oxygen atoms in total. The van der Waals surface area contributed by atoms with E-state index >= 15 is 0 Å². The molecule has 1 N–H and O–H groups in total. The second-order valence-electron chi connectivity index (χ2n) is 5.13. The third kappa shape index (κ3) is 3.77. The summed E-state index contributed by atoms with van der Waals surface area (Å²) in [5.41, 5.74) is -0.289. The molecule has 0 aromatic heterocycles. The summed E-state index contributed by atoms with van der Waals surface area (Å²) in [6.45, 7) is 5.31. The number of aliphatic carboxylic acids is 1. The molecule has 0 bridgehead atoms. The first-order valence-electron chi connectivity index (χ1n) is 5.61. The van der Waals surface area contributed by atoms with Crippen molar-refractivity contribution in [1.82, 2.24) is 4.90 Å². The van der Waals surface area contributed by atoms with E-state index in [9.17, 15) is 13.6 Å². The van der Waals surface area contributed by atoms with E-state index in [1.165, 1.54) is 12.1 Å². The van der Waals surface area contributed by atoms with Gasteiger partial charge in [-0.15, -0.1) is 0 Å². The predicted molar refractivity (Wildman–Crippen MR) is 64.2 cm³/mol. The van der Waals surface area contributed by atoms with E-state index < -0.39 is 23.1 Å². The summed E-state index contributed by atoms with van der Waals surface area (Å²) in [7, 11) is 0. The Morgan fingerprint density at radius 2 is 1.94 bits per heavy atom. The summed E-state index contributed by atoms with van der Waals surface area (Å²) in [4.78, 5) is 12.4. The zero-order valence-electron chi connectivity index (χ0n) is 10.7. The second-order valence-corrected chi connectivity index (χ2v) is 5.13. The summed E-state index contributed by atoms with van der Waals surface area (Å²) < 4.78 is 26.6. The van der Waals surface area contributed by atoms with Gasteiger partial charge >= 0.3 is 5.97 Å². The third-order valence-electron chi connectivity index (χ3n) is 2.67. The normalized spacial score (nSPS) is 11.9. The van der Waals surface area contributed by atoms with Crippen LogP contribution in [0.3, 0.4) is 0 Å². The molecule has 0 heterocycles. The Hall–Kier alpha value is -1.49. The molecule has 0 atom stereocenters. The van der Waals surface area contributed by atoms with Crippen LogP contribution in [0, 0.1) is 11.6 Å². The maximum absolute atomic E-state index is 13.5. The number of carbonyl (C=O) groups is 1. The number of carboxylic acids is 1. The summed E-state index contributed by atoms with van der Waals surface area (Å²) in [6, 6.07) is 3.91. The van der Waals surface area contributed by atoms with E-state index in [-0.39, 0.29) is 18.7 Å². The van der Waals surface area contributed by atoms with Crippen molar-refractivity contribution in [3.05, 3.63) is 35.4 Å². The highest BCUT2D eigenvalue weighted by atomic mass is 19.2. The smallest absolute Gasteiger partial charge is 0.317 e. The molecule has 100 valence electrons. The number of halogens is 2. The minimum Gasteiger partial charge on any atom is -0.480 e. The lowest BCUT2D eigenvalue weighted by molar-refractivity contribution is -0.139. The fraction of sp³-hybridized carbons (Fsp3) is 0.462. The molecule has 1 aromatic carbocycles. The SMILES string of the molecule is CC(C)(C)N(CC(=O)O)Cc1cccc(F)c1F. The summed E-state index contributed by atoms with van der Waals surface area (Å²) in [5, 5.41) is 8.84. The van der Waals surface area contributed by atoms with E-state index in [0.717, 1.165) is 6.07 Å². The predicted octanol–water partition coefficient (Wildman–Crippen LogP) is 2.65. The van der Waals surface area contributed by atoms with Crippen LogP contribution < -0.4 is 0 Å². The molecular formula is C13H17F2NO2. The number of benzene rings is 1. The zero-order chi connectivity index (χ0) is 13.9. The van der Waals surface area contributed by atoms with Crippen molar-refractivity contribution in [3.8, 4) is 0 Å². The molecule has 0 spiro atoms. The zero-order valence-corrected chi connectivity index (χ0v) is 10.7. The molecule has 0 saturated heterocycles.